The van der Waals surface area contributed by atoms with Crippen LogP contribution in [0.4, 0.5) is 4.79 Å². The zero-order chi connectivity index (χ0) is 12.3. The van der Waals surface area contributed by atoms with Crippen molar-refractivity contribution in [3.05, 3.63) is 0 Å². The van der Waals surface area contributed by atoms with Crippen LogP contribution >= 0.6 is 0 Å². The number of amides is 2. The smallest absolute Gasteiger partial charge is 0.323 e. The van der Waals surface area contributed by atoms with Crippen LogP contribution in [-0.2, 0) is 0 Å². The molecule has 0 aromatic heterocycles. The van der Waals surface area contributed by atoms with Crippen molar-refractivity contribution in [3.8, 4) is 0 Å². The van der Waals surface area contributed by atoms with Crippen molar-refractivity contribution in [1.82, 2.24) is 10.2 Å². The molecule has 17 heavy (non-hydrogen) atoms. The van der Waals surface area contributed by atoms with Crippen LogP contribution in [0.5, 0.6) is 0 Å². The summed E-state index contributed by atoms with van der Waals surface area (Å²) in [6, 6.07) is 0.0262. The quantitative estimate of drug-likeness (QED) is 0.625. The lowest BCUT2D eigenvalue weighted by Crippen LogP contribution is -2.39. The van der Waals surface area contributed by atoms with Gasteiger partial charge in [-0.1, -0.05) is 39.0 Å². The minimum Gasteiger partial charge on any atom is -0.323 e. The normalized spacial score (nSPS) is 15.9. The summed E-state index contributed by atoms with van der Waals surface area (Å²) in [5.41, 5.74) is 0. The van der Waals surface area contributed by atoms with E-state index in [1.54, 1.807) is 0 Å². The van der Waals surface area contributed by atoms with Gasteiger partial charge in [0.15, 0.2) is 0 Å². The van der Waals surface area contributed by atoms with Gasteiger partial charge in [-0.15, -0.1) is 0 Å². The number of unbranched alkanes of at least 4 members (excludes halogenated alkanes) is 5. The Kier molecular flexibility index (Phi) is 7.85. The maximum Gasteiger partial charge on any atom is 0.338 e. The van der Waals surface area contributed by atoms with Gasteiger partial charge in [-0.25, -0.2) is 10.1 Å². The molecule has 0 spiro atoms. The molecule has 0 aromatic carbocycles. The molecule has 0 N–H and O–H groups in total. The van der Waals surface area contributed by atoms with E-state index < -0.39 is 0 Å². The van der Waals surface area contributed by atoms with Gasteiger partial charge in [0.1, 0.15) is 0 Å². The van der Waals surface area contributed by atoms with Gasteiger partial charge >= 0.3 is 6.03 Å². The minimum atomic E-state index is 0.0262. The maximum atomic E-state index is 11.7. The van der Waals surface area contributed by atoms with Crippen molar-refractivity contribution >= 4 is 6.03 Å². The third kappa shape index (κ3) is 6.54. The molecule has 0 atom stereocenters. The van der Waals surface area contributed by atoms with E-state index in [1.807, 2.05) is 4.90 Å². The van der Waals surface area contributed by atoms with Crippen molar-refractivity contribution in [2.24, 2.45) is 0 Å². The zero-order valence-corrected chi connectivity index (χ0v) is 11.3. The molecule has 0 unspecified atom stereocenters. The van der Waals surface area contributed by atoms with Crippen molar-refractivity contribution in [1.29, 1.82) is 0 Å². The lowest BCUT2D eigenvalue weighted by molar-refractivity contribution is 0.185. The SMILES string of the molecule is CCCCCCCC[N]C(=O)N1CCCCC1. The van der Waals surface area contributed by atoms with Gasteiger partial charge in [0, 0.05) is 19.6 Å². The average Bonchev–Trinajstić information content (AvgIpc) is 2.38. The molecule has 1 aliphatic heterocycles. The van der Waals surface area contributed by atoms with Gasteiger partial charge in [0.2, 0.25) is 0 Å². The number of carbonyl (C=O) groups excluding carboxylic acids is 1. The third-order valence-corrected chi connectivity index (χ3v) is 3.39. The standard InChI is InChI=1S/C14H27N2O/c1-2-3-4-5-6-8-11-15-14(17)16-12-9-7-10-13-16/h2-13H2,1H3. The molecule has 1 fully saturated rings. The maximum absolute atomic E-state index is 11.7. The number of rotatable bonds is 7. The molecule has 3 heteroatoms. The third-order valence-electron chi connectivity index (χ3n) is 3.39. The summed E-state index contributed by atoms with van der Waals surface area (Å²) >= 11 is 0. The second-order valence-electron chi connectivity index (χ2n) is 4.98. The lowest BCUT2D eigenvalue weighted by Gasteiger charge is -2.25. The summed E-state index contributed by atoms with van der Waals surface area (Å²) in [5.74, 6) is 0. The Morgan fingerprint density at radius 1 is 1.00 bits per heavy atom. The molecule has 0 aliphatic carbocycles. The molecule has 1 rings (SSSR count). The molecule has 1 saturated heterocycles. The monoisotopic (exact) mass is 239 g/mol. The number of urea groups is 1. The number of likely N-dealkylation sites (tertiary alicyclic amines) is 1. The Morgan fingerprint density at radius 2 is 1.65 bits per heavy atom. The number of piperidine rings is 1. The second kappa shape index (κ2) is 9.32. The Morgan fingerprint density at radius 3 is 2.35 bits per heavy atom. The Hall–Kier alpha value is -0.730. The summed E-state index contributed by atoms with van der Waals surface area (Å²) in [6.07, 6.45) is 11.1. The molecule has 99 valence electrons. The number of nitrogens with zero attached hydrogens (tertiary/aromatic N) is 2. The number of hydrogen-bond acceptors (Lipinski definition) is 1. The molecule has 0 aromatic rings. The zero-order valence-electron chi connectivity index (χ0n) is 11.3. The molecular formula is C14H27N2O. The molecule has 2 amide bonds. The van der Waals surface area contributed by atoms with E-state index in [9.17, 15) is 4.79 Å². The average molecular weight is 239 g/mol. The predicted molar refractivity (Wildman–Crippen MR) is 71.2 cm³/mol. The molecular weight excluding hydrogens is 212 g/mol. The highest BCUT2D eigenvalue weighted by atomic mass is 16.2. The van der Waals surface area contributed by atoms with Crippen LogP contribution in [0.1, 0.15) is 64.7 Å². The lowest BCUT2D eigenvalue weighted by atomic mass is 10.1. The molecule has 0 bridgehead atoms. The Labute approximate surface area is 106 Å². The van der Waals surface area contributed by atoms with Crippen LogP contribution < -0.4 is 5.32 Å². The summed E-state index contributed by atoms with van der Waals surface area (Å²) in [6.45, 7) is 4.78. The second-order valence-corrected chi connectivity index (χ2v) is 4.98. The van der Waals surface area contributed by atoms with E-state index in [0.29, 0.717) is 0 Å². The summed E-state index contributed by atoms with van der Waals surface area (Å²) in [5, 5.41) is 4.15. The fraction of sp³-hybridized carbons (Fsp3) is 0.929. The highest BCUT2D eigenvalue weighted by Gasteiger charge is 2.16. The summed E-state index contributed by atoms with van der Waals surface area (Å²) < 4.78 is 0. The van der Waals surface area contributed by atoms with Crippen LogP contribution in [0, 0.1) is 0 Å². The first-order chi connectivity index (χ1) is 8.34. The van der Waals surface area contributed by atoms with E-state index >= 15 is 0 Å². The Balaban J connectivity index is 1.92. The molecule has 3 nitrogen and oxygen atoms in total. The number of carbonyl (C=O) groups is 1. The van der Waals surface area contributed by atoms with E-state index in [2.05, 4.69) is 12.2 Å². The number of hydrogen-bond donors (Lipinski definition) is 0. The van der Waals surface area contributed by atoms with Gasteiger partial charge in [-0.2, -0.15) is 0 Å². The van der Waals surface area contributed by atoms with Crippen molar-refractivity contribution in [2.75, 3.05) is 19.6 Å². The molecule has 1 aliphatic rings. The fourth-order valence-electron chi connectivity index (χ4n) is 2.25. The first-order valence-corrected chi connectivity index (χ1v) is 7.31. The van der Waals surface area contributed by atoms with Crippen LogP contribution in [0.2, 0.25) is 0 Å². The highest BCUT2D eigenvalue weighted by molar-refractivity contribution is 5.73. The predicted octanol–water partition coefficient (Wildman–Crippen LogP) is 3.56. The van der Waals surface area contributed by atoms with Gasteiger partial charge in [-0.05, 0) is 25.7 Å². The van der Waals surface area contributed by atoms with Crippen LogP contribution in [0.3, 0.4) is 0 Å². The van der Waals surface area contributed by atoms with Crippen LogP contribution in [0.15, 0.2) is 0 Å². The van der Waals surface area contributed by atoms with E-state index in [4.69, 9.17) is 0 Å². The van der Waals surface area contributed by atoms with Crippen molar-refractivity contribution < 1.29 is 4.79 Å². The van der Waals surface area contributed by atoms with E-state index in [1.165, 1.54) is 38.5 Å². The topological polar surface area (TPSA) is 34.4 Å². The van der Waals surface area contributed by atoms with Crippen molar-refractivity contribution in [2.45, 2.75) is 64.7 Å². The van der Waals surface area contributed by atoms with E-state index in [-0.39, 0.29) is 6.03 Å². The highest BCUT2D eigenvalue weighted by Crippen LogP contribution is 2.09. The summed E-state index contributed by atoms with van der Waals surface area (Å²) in [4.78, 5) is 13.6. The minimum absolute atomic E-state index is 0.0262. The van der Waals surface area contributed by atoms with Gasteiger partial charge < -0.3 is 4.90 Å². The first-order valence-electron chi connectivity index (χ1n) is 7.31. The van der Waals surface area contributed by atoms with Gasteiger partial charge in [-0.3, -0.25) is 0 Å². The first kappa shape index (κ1) is 14.3. The molecule has 1 heterocycles. The largest absolute Gasteiger partial charge is 0.338 e. The molecule has 1 radical (unpaired) electrons. The van der Waals surface area contributed by atoms with Gasteiger partial charge in [0.25, 0.3) is 0 Å². The van der Waals surface area contributed by atoms with Crippen molar-refractivity contribution in [3.63, 3.8) is 0 Å². The fourth-order valence-corrected chi connectivity index (χ4v) is 2.25. The van der Waals surface area contributed by atoms with Gasteiger partial charge in [0.05, 0.1) is 0 Å². The van der Waals surface area contributed by atoms with Crippen LogP contribution in [-0.4, -0.2) is 30.6 Å². The van der Waals surface area contributed by atoms with Crippen LogP contribution in [0.25, 0.3) is 0 Å². The Bertz CT molecular complexity index is 200. The van der Waals surface area contributed by atoms with E-state index in [0.717, 1.165) is 38.9 Å². The molecule has 0 saturated carbocycles. The summed E-state index contributed by atoms with van der Waals surface area (Å²) in [7, 11) is 0.